The third-order valence-electron chi connectivity index (χ3n) is 5.38. The van der Waals surface area contributed by atoms with Crippen LogP contribution in [0, 0.1) is 0 Å². The molecule has 1 aromatic rings. The summed E-state index contributed by atoms with van der Waals surface area (Å²) in [5, 5.41) is 14.5. The molecule has 2 heterocycles. The summed E-state index contributed by atoms with van der Waals surface area (Å²) in [5.74, 6) is 0.314. The Hall–Kier alpha value is -0.780. The number of rotatable bonds is 3. The van der Waals surface area contributed by atoms with Gasteiger partial charge in [-0.15, -0.1) is 10.2 Å². The van der Waals surface area contributed by atoms with Gasteiger partial charge in [0.2, 0.25) is 0 Å². The Bertz CT molecular complexity index is 554. The van der Waals surface area contributed by atoms with Crippen molar-refractivity contribution < 1.29 is 4.84 Å². The Labute approximate surface area is 150 Å². The van der Waals surface area contributed by atoms with Gasteiger partial charge in [0.05, 0.1) is 11.8 Å². The monoisotopic (exact) mass is 352 g/mol. The molecule has 0 amide bonds. The summed E-state index contributed by atoms with van der Waals surface area (Å²) >= 11 is 6.01. The van der Waals surface area contributed by atoms with Crippen LogP contribution in [0.2, 0.25) is 5.15 Å². The maximum Gasteiger partial charge on any atom is 0.155 e. The Balaban J connectivity index is 1.78. The predicted octanol–water partition coefficient (Wildman–Crippen LogP) is 4.53. The van der Waals surface area contributed by atoms with Gasteiger partial charge in [-0.2, -0.15) is 5.06 Å². The molecule has 1 aliphatic heterocycles. The molecular formula is C18H29ClN4O. The minimum Gasteiger partial charge on any atom is -0.295 e. The van der Waals surface area contributed by atoms with Crippen LogP contribution in [-0.4, -0.2) is 37.7 Å². The summed E-state index contributed by atoms with van der Waals surface area (Å²) in [6, 6.07) is 1.85. The number of nitrogens with zero attached hydrogens (tertiary/aromatic N) is 4. The molecule has 3 rings (SSSR count). The largest absolute Gasteiger partial charge is 0.295 e. The average molecular weight is 353 g/mol. The maximum absolute atomic E-state index is 6.53. The number of aromatic nitrogens is 3. The smallest absolute Gasteiger partial charge is 0.155 e. The van der Waals surface area contributed by atoms with E-state index in [2.05, 4.69) is 48.2 Å². The highest BCUT2D eigenvalue weighted by Gasteiger charge is 2.48. The van der Waals surface area contributed by atoms with Crippen LogP contribution in [0.25, 0.3) is 0 Å². The summed E-state index contributed by atoms with van der Waals surface area (Å²) in [7, 11) is 0. The quantitative estimate of drug-likeness (QED) is 0.800. The second-order valence-electron chi connectivity index (χ2n) is 8.57. The van der Waals surface area contributed by atoms with Crippen LogP contribution in [-0.2, 0) is 4.84 Å². The Morgan fingerprint density at radius 2 is 1.67 bits per heavy atom. The van der Waals surface area contributed by atoms with E-state index in [0.717, 1.165) is 18.5 Å². The van der Waals surface area contributed by atoms with Crippen molar-refractivity contribution in [3.05, 3.63) is 16.9 Å². The van der Waals surface area contributed by atoms with Crippen molar-refractivity contribution in [1.82, 2.24) is 20.5 Å². The van der Waals surface area contributed by atoms with E-state index in [0.29, 0.717) is 17.2 Å². The lowest BCUT2D eigenvalue weighted by Crippen LogP contribution is -2.61. The zero-order valence-electron chi connectivity index (χ0n) is 15.3. The molecule has 1 saturated carbocycles. The zero-order chi connectivity index (χ0) is 17.4. The normalized spacial score (nSPS) is 25.7. The van der Waals surface area contributed by atoms with Gasteiger partial charge < -0.3 is 0 Å². The number of halogens is 1. The number of piperidine rings is 1. The molecule has 1 aromatic heterocycles. The van der Waals surface area contributed by atoms with Gasteiger partial charge in [-0.05, 0) is 58.6 Å². The third-order valence-corrected chi connectivity index (χ3v) is 5.57. The van der Waals surface area contributed by atoms with E-state index in [1.54, 1.807) is 0 Å². The van der Waals surface area contributed by atoms with Crippen LogP contribution < -0.4 is 0 Å². The molecule has 1 saturated heterocycles. The van der Waals surface area contributed by atoms with Gasteiger partial charge in [0, 0.05) is 23.1 Å². The van der Waals surface area contributed by atoms with Crippen LogP contribution in [0.1, 0.15) is 84.3 Å². The number of hydrogen-bond donors (Lipinski definition) is 0. The Morgan fingerprint density at radius 1 is 1.04 bits per heavy atom. The lowest BCUT2D eigenvalue weighted by atomic mass is 9.74. The summed E-state index contributed by atoms with van der Waals surface area (Å²) in [5.41, 5.74) is 0.802. The molecule has 134 valence electrons. The van der Waals surface area contributed by atoms with E-state index >= 15 is 0 Å². The summed E-state index contributed by atoms with van der Waals surface area (Å²) < 4.78 is 0. The van der Waals surface area contributed by atoms with Crippen LogP contribution in [0.15, 0.2) is 6.07 Å². The average Bonchev–Trinajstić information content (AvgIpc) is 2.51. The van der Waals surface area contributed by atoms with Gasteiger partial charge in [0.1, 0.15) is 0 Å². The van der Waals surface area contributed by atoms with E-state index in [1.165, 1.54) is 32.1 Å². The van der Waals surface area contributed by atoms with Crippen molar-refractivity contribution in [3.8, 4) is 0 Å². The fraction of sp³-hybridized carbons (Fsp3) is 0.833. The SMILES string of the molecule is CC1(C)CC(c2cc(Cl)nnn2)CC(C)(C)N1OC1CCCCC1. The van der Waals surface area contributed by atoms with Crippen LogP contribution >= 0.6 is 11.6 Å². The molecule has 0 atom stereocenters. The second-order valence-corrected chi connectivity index (χ2v) is 8.96. The van der Waals surface area contributed by atoms with Crippen molar-refractivity contribution >= 4 is 11.6 Å². The van der Waals surface area contributed by atoms with Gasteiger partial charge in [-0.25, -0.2) is 0 Å². The maximum atomic E-state index is 6.53. The van der Waals surface area contributed by atoms with Crippen molar-refractivity contribution in [2.24, 2.45) is 0 Å². The first kappa shape index (κ1) is 18.0. The Kier molecular flexibility index (Phi) is 5.14. The predicted molar refractivity (Wildman–Crippen MR) is 94.8 cm³/mol. The van der Waals surface area contributed by atoms with Gasteiger partial charge in [0.25, 0.3) is 0 Å². The second kappa shape index (κ2) is 6.85. The fourth-order valence-corrected chi connectivity index (χ4v) is 4.72. The van der Waals surface area contributed by atoms with Gasteiger partial charge >= 0.3 is 0 Å². The molecule has 2 aliphatic rings. The fourth-order valence-electron chi connectivity index (χ4n) is 4.57. The van der Waals surface area contributed by atoms with E-state index in [4.69, 9.17) is 16.4 Å². The van der Waals surface area contributed by atoms with Gasteiger partial charge in [-0.3, -0.25) is 4.84 Å². The highest BCUT2D eigenvalue weighted by molar-refractivity contribution is 6.29. The molecule has 0 radical (unpaired) electrons. The molecule has 0 bridgehead atoms. The van der Waals surface area contributed by atoms with E-state index in [-0.39, 0.29) is 11.1 Å². The van der Waals surface area contributed by atoms with E-state index in [9.17, 15) is 0 Å². The summed E-state index contributed by atoms with van der Waals surface area (Å²) in [6.07, 6.45) is 8.57. The molecule has 5 nitrogen and oxygen atoms in total. The van der Waals surface area contributed by atoms with Crippen molar-refractivity contribution in [2.45, 2.75) is 95.7 Å². The number of hydrogen-bond acceptors (Lipinski definition) is 5. The lowest BCUT2D eigenvalue weighted by molar-refractivity contribution is -0.310. The first-order chi connectivity index (χ1) is 11.3. The first-order valence-electron chi connectivity index (χ1n) is 9.11. The molecule has 1 aliphatic carbocycles. The first-order valence-corrected chi connectivity index (χ1v) is 9.49. The van der Waals surface area contributed by atoms with Crippen LogP contribution in [0.5, 0.6) is 0 Å². The molecular weight excluding hydrogens is 324 g/mol. The van der Waals surface area contributed by atoms with Crippen molar-refractivity contribution in [1.29, 1.82) is 0 Å². The highest BCUT2D eigenvalue weighted by atomic mass is 35.5. The lowest BCUT2D eigenvalue weighted by Gasteiger charge is -2.54. The third kappa shape index (κ3) is 3.89. The zero-order valence-corrected chi connectivity index (χ0v) is 16.0. The van der Waals surface area contributed by atoms with Crippen molar-refractivity contribution in [3.63, 3.8) is 0 Å². The van der Waals surface area contributed by atoms with Crippen LogP contribution in [0.4, 0.5) is 0 Å². The van der Waals surface area contributed by atoms with Gasteiger partial charge in [0.15, 0.2) is 5.15 Å². The molecule has 6 heteroatoms. The molecule has 0 unspecified atom stereocenters. The standard InChI is InChI=1S/C18H29ClN4O/c1-17(2)11-13(15-10-16(19)21-22-20-15)12-18(3,4)23(17)24-14-8-6-5-7-9-14/h10,13-14H,5-9,11-12H2,1-4H3. The highest BCUT2D eigenvalue weighted by Crippen LogP contribution is 2.46. The molecule has 2 fully saturated rings. The summed E-state index contributed by atoms with van der Waals surface area (Å²) in [6.45, 7) is 9.06. The topological polar surface area (TPSA) is 51.1 Å². The minimum atomic E-state index is -0.0682. The van der Waals surface area contributed by atoms with Crippen LogP contribution in [0.3, 0.4) is 0 Å². The summed E-state index contributed by atoms with van der Waals surface area (Å²) in [4.78, 5) is 6.53. The van der Waals surface area contributed by atoms with Gasteiger partial charge in [-0.1, -0.05) is 30.9 Å². The molecule has 24 heavy (non-hydrogen) atoms. The molecule has 0 aromatic carbocycles. The number of hydroxylamine groups is 2. The Morgan fingerprint density at radius 3 is 2.25 bits per heavy atom. The molecule has 0 spiro atoms. The van der Waals surface area contributed by atoms with E-state index < -0.39 is 0 Å². The molecule has 0 N–H and O–H groups in total. The minimum absolute atomic E-state index is 0.0682. The van der Waals surface area contributed by atoms with Crippen molar-refractivity contribution in [2.75, 3.05) is 0 Å². The van der Waals surface area contributed by atoms with E-state index in [1.807, 2.05) is 6.07 Å².